The lowest BCUT2D eigenvalue weighted by Crippen LogP contribution is -2.43. The van der Waals surface area contributed by atoms with Crippen LogP contribution in [-0.4, -0.2) is 11.2 Å². The average molecular weight is 353 g/mol. The first-order valence-electron chi connectivity index (χ1n) is 11.1. The zero-order valence-electron chi connectivity index (χ0n) is 18.9. The first kappa shape index (κ1) is 23.0. The molecule has 1 rings (SSSR count). The molecule has 1 aliphatic rings. The van der Waals surface area contributed by atoms with Crippen molar-refractivity contribution in [3.05, 3.63) is 0 Å². The minimum absolute atomic E-state index is 0.154. The quantitative estimate of drug-likeness (QED) is 0.460. The highest BCUT2D eigenvalue weighted by atomic mass is 16.3. The SMILES string of the molecule is CCC(C(O)C(C)C1CCCC(C)(C)C1)C(CC(C)C)C(C)(C)CC. The van der Waals surface area contributed by atoms with Gasteiger partial charge in [-0.3, -0.25) is 0 Å². The van der Waals surface area contributed by atoms with E-state index in [4.69, 9.17) is 0 Å². The summed E-state index contributed by atoms with van der Waals surface area (Å²) in [4.78, 5) is 0. The van der Waals surface area contributed by atoms with Crippen LogP contribution in [0, 0.1) is 40.4 Å². The smallest absolute Gasteiger partial charge is 0.0599 e. The Morgan fingerprint density at radius 3 is 2.16 bits per heavy atom. The summed E-state index contributed by atoms with van der Waals surface area (Å²) in [5.41, 5.74) is 0.760. The van der Waals surface area contributed by atoms with E-state index in [1.54, 1.807) is 0 Å². The molecule has 1 fully saturated rings. The maximum absolute atomic E-state index is 11.4. The van der Waals surface area contributed by atoms with E-state index in [0.29, 0.717) is 40.4 Å². The molecular weight excluding hydrogens is 304 g/mol. The minimum Gasteiger partial charge on any atom is -0.393 e. The fourth-order valence-corrected chi connectivity index (χ4v) is 5.48. The lowest BCUT2D eigenvalue weighted by atomic mass is 9.61. The molecule has 1 aliphatic carbocycles. The van der Waals surface area contributed by atoms with Gasteiger partial charge in [-0.1, -0.05) is 88.0 Å². The summed E-state index contributed by atoms with van der Waals surface area (Å²) in [5.74, 6) is 2.85. The van der Waals surface area contributed by atoms with Gasteiger partial charge in [0.1, 0.15) is 0 Å². The molecule has 5 unspecified atom stereocenters. The number of aliphatic hydroxyl groups is 1. The van der Waals surface area contributed by atoms with E-state index in [1.807, 2.05) is 0 Å². The van der Waals surface area contributed by atoms with Crippen molar-refractivity contribution < 1.29 is 5.11 Å². The average Bonchev–Trinajstić information content (AvgIpc) is 2.52. The molecule has 0 amide bonds. The van der Waals surface area contributed by atoms with E-state index >= 15 is 0 Å². The molecular formula is C24H48O. The molecule has 1 N–H and O–H groups in total. The van der Waals surface area contributed by atoms with Gasteiger partial charge in [-0.15, -0.1) is 0 Å². The van der Waals surface area contributed by atoms with Gasteiger partial charge in [0.05, 0.1) is 6.10 Å². The molecule has 1 saturated carbocycles. The number of aliphatic hydroxyl groups excluding tert-OH is 1. The Bertz CT molecular complexity index is 382. The summed E-state index contributed by atoms with van der Waals surface area (Å²) in [6.07, 6.45) is 8.65. The third kappa shape index (κ3) is 6.26. The van der Waals surface area contributed by atoms with Crippen molar-refractivity contribution in [2.45, 2.75) is 113 Å². The second-order valence-corrected chi connectivity index (χ2v) is 11.0. The predicted octanol–water partition coefficient (Wildman–Crippen LogP) is 7.32. The summed E-state index contributed by atoms with van der Waals surface area (Å²) in [6, 6.07) is 0. The molecule has 1 heteroatoms. The topological polar surface area (TPSA) is 20.2 Å². The van der Waals surface area contributed by atoms with Crippen LogP contribution in [0.2, 0.25) is 0 Å². The normalized spacial score (nSPS) is 26.3. The summed E-state index contributed by atoms with van der Waals surface area (Å²) >= 11 is 0. The van der Waals surface area contributed by atoms with Gasteiger partial charge in [0.2, 0.25) is 0 Å². The Hall–Kier alpha value is -0.0400. The van der Waals surface area contributed by atoms with Crippen molar-refractivity contribution in [2.75, 3.05) is 0 Å². The molecule has 0 spiro atoms. The van der Waals surface area contributed by atoms with E-state index < -0.39 is 0 Å². The van der Waals surface area contributed by atoms with Crippen molar-refractivity contribution >= 4 is 0 Å². The van der Waals surface area contributed by atoms with Crippen LogP contribution in [0.3, 0.4) is 0 Å². The summed E-state index contributed by atoms with van der Waals surface area (Å²) < 4.78 is 0. The van der Waals surface area contributed by atoms with Crippen molar-refractivity contribution in [1.82, 2.24) is 0 Å². The lowest BCUT2D eigenvalue weighted by molar-refractivity contribution is -0.0434. The standard InChI is InChI=1S/C24H48O/c1-10-20(21(15-17(3)4)24(8,9)11-2)22(25)18(5)19-13-12-14-23(6,7)16-19/h17-22,25H,10-16H2,1-9H3. The summed E-state index contributed by atoms with van der Waals surface area (Å²) in [6.45, 7) is 21.3. The van der Waals surface area contributed by atoms with Crippen LogP contribution in [0.1, 0.15) is 107 Å². The lowest BCUT2D eigenvalue weighted by Gasteiger charge is -2.46. The molecule has 0 radical (unpaired) electrons. The third-order valence-electron chi connectivity index (χ3n) is 7.59. The van der Waals surface area contributed by atoms with Crippen LogP contribution in [0.5, 0.6) is 0 Å². The summed E-state index contributed by atoms with van der Waals surface area (Å²) in [7, 11) is 0. The van der Waals surface area contributed by atoms with Gasteiger partial charge >= 0.3 is 0 Å². The molecule has 0 aliphatic heterocycles. The van der Waals surface area contributed by atoms with Gasteiger partial charge in [-0.25, -0.2) is 0 Å². The molecule has 0 aromatic carbocycles. The Morgan fingerprint density at radius 2 is 1.72 bits per heavy atom. The Kier molecular flexibility index (Phi) is 8.51. The third-order valence-corrected chi connectivity index (χ3v) is 7.59. The van der Waals surface area contributed by atoms with E-state index in [2.05, 4.69) is 62.3 Å². The van der Waals surface area contributed by atoms with Crippen LogP contribution in [-0.2, 0) is 0 Å². The van der Waals surface area contributed by atoms with Crippen molar-refractivity contribution in [3.63, 3.8) is 0 Å². The maximum Gasteiger partial charge on any atom is 0.0599 e. The van der Waals surface area contributed by atoms with Crippen LogP contribution in [0.15, 0.2) is 0 Å². The minimum atomic E-state index is -0.154. The fraction of sp³-hybridized carbons (Fsp3) is 1.00. The Balaban J connectivity index is 2.97. The van der Waals surface area contributed by atoms with Crippen LogP contribution < -0.4 is 0 Å². The van der Waals surface area contributed by atoms with Gasteiger partial charge in [-0.2, -0.15) is 0 Å². The molecule has 150 valence electrons. The monoisotopic (exact) mass is 352 g/mol. The maximum atomic E-state index is 11.4. The number of rotatable bonds is 9. The molecule has 0 bridgehead atoms. The Labute approximate surface area is 159 Å². The van der Waals surface area contributed by atoms with Crippen molar-refractivity contribution in [3.8, 4) is 0 Å². The highest BCUT2D eigenvalue weighted by Crippen LogP contribution is 2.47. The van der Waals surface area contributed by atoms with Crippen LogP contribution >= 0.6 is 0 Å². The largest absolute Gasteiger partial charge is 0.393 e. The first-order valence-corrected chi connectivity index (χ1v) is 11.1. The Morgan fingerprint density at radius 1 is 1.12 bits per heavy atom. The van der Waals surface area contributed by atoms with Gasteiger partial charge in [0, 0.05) is 0 Å². The second-order valence-electron chi connectivity index (χ2n) is 11.0. The fourth-order valence-electron chi connectivity index (χ4n) is 5.48. The molecule has 0 heterocycles. The first-order chi connectivity index (χ1) is 11.4. The van der Waals surface area contributed by atoms with Gasteiger partial charge in [-0.05, 0) is 59.7 Å². The van der Waals surface area contributed by atoms with Crippen molar-refractivity contribution in [1.29, 1.82) is 0 Å². The molecule has 25 heavy (non-hydrogen) atoms. The predicted molar refractivity (Wildman–Crippen MR) is 112 cm³/mol. The van der Waals surface area contributed by atoms with Crippen LogP contribution in [0.4, 0.5) is 0 Å². The number of hydrogen-bond acceptors (Lipinski definition) is 1. The molecule has 5 atom stereocenters. The highest BCUT2D eigenvalue weighted by Gasteiger charge is 2.41. The molecule has 0 saturated heterocycles. The van der Waals surface area contributed by atoms with Crippen LogP contribution in [0.25, 0.3) is 0 Å². The second kappa shape index (κ2) is 9.25. The number of hydrogen-bond donors (Lipinski definition) is 1. The highest BCUT2D eigenvalue weighted by molar-refractivity contribution is 4.91. The van der Waals surface area contributed by atoms with E-state index in [-0.39, 0.29) is 6.10 Å². The molecule has 0 aromatic heterocycles. The van der Waals surface area contributed by atoms with E-state index in [1.165, 1.54) is 38.5 Å². The zero-order valence-corrected chi connectivity index (χ0v) is 18.9. The van der Waals surface area contributed by atoms with Gasteiger partial charge < -0.3 is 5.11 Å². The van der Waals surface area contributed by atoms with Gasteiger partial charge in [0.15, 0.2) is 0 Å². The zero-order chi connectivity index (χ0) is 19.4. The van der Waals surface area contributed by atoms with E-state index in [0.717, 1.165) is 6.42 Å². The van der Waals surface area contributed by atoms with E-state index in [9.17, 15) is 5.11 Å². The van der Waals surface area contributed by atoms with Gasteiger partial charge in [0.25, 0.3) is 0 Å². The van der Waals surface area contributed by atoms with Crippen molar-refractivity contribution in [2.24, 2.45) is 40.4 Å². The molecule has 0 aromatic rings. The summed E-state index contributed by atoms with van der Waals surface area (Å²) in [5, 5.41) is 11.4. The molecule has 1 nitrogen and oxygen atoms in total.